The number of hydrogen-bond acceptors (Lipinski definition) is 3. The number of rotatable bonds is 6. The lowest BCUT2D eigenvalue weighted by Crippen LogP contribution is -2.55. The minimum Gasteiger partial charge on any atom is -0.479 e. The van der Waals surface area contributed by atoms with Crippen LogP contribution in [0.5, 0.6) is 0 Å². The molecule has 0 aromatic heterocycles. The lowest BCUT2D eigenvalue weighted by atomic mass is 9.92. The lowest BCUT2D eigenvalue weighted by molar-refractivity contribution is -0.147. The maximum atomic E-state index is 12.2. The lowest BCUT2D eigenvalue weighted by Gasteiger charge is -2.25. The number of aliphatic carboxylic acids is 1. The standard InChI is InChI=1S/C16H21NO4/c1-2-12(13-6-4-3-5-7-13)10-14(18)17-16(15(19)20)8-9-21-11-16/h3-7,12H,2,8-11H2,1H3,(H,17,18)(H,19,20). The molecule has 1 heterocycles. The molecule has 114 valence electrons. The number of carboxylic acids is 1. The van der Waals surface area contributed by atoms with E-state index in [-0.39, 0.29) is 24.9 Å². The van der Waals surface area contributed by atoms with Crippen molar-refractivity contribution in [3.05, 3.63) is 35.9 Å². The summed E-state index contributed by atoms with van der Waals surface area (Å²) in [6, 6.07) is 9.81. The molecule has 0 bridgehead atoms. The van der Waals surface area contributed by atoms with E-state index in [9.17, 15) is 14.7 Å². The van der Waals surface area contributed by atoms with Gasteiger partial charge in [-0.05, 0) is 17.9 Å². The third-order valence-corrected chi connectivity index (χ3v) is 4.01. The maximum Gasteiger partial charge on any atom is 0.331 e. The predicted octanol–water partition coefficient (Wildman–Crippen LogP) is 1.93. The van der Waals surface area contributed by atoms with Crippen LogP contribution >= 0.6 is 0 Å². The van der Waals surface area contributed by atoms with Crippen LogP contribution in [0.2, 0.25) is 0 Å². The number of carboxylic acid groups (broad SMARTS) is 1. The number of carbonyl (C=O) groups is 2. The molecule has 1 saturated heterocycles. The van der Waals surface area contributed by atoms with Crippen LogP contribution in [0.25, 0.3) is 0 Å². The second kappa shape index (κ2) is 6.72. The fourth-order valence-electron chi connectivity index (χ4n) is 2.65. The molecule has 0 spiro atoms. The minimum absolute atomic E-state index is 0.0379. The minimum atomic E-state index is -1.26. The van der Waals surface area contributed by atoms with E-state index in [2.05, 4.69) is 5.32 Å². The maximum absolute atomic E-state index is 12.2. The summed E-state index contributed by atoms with van der Waals surface area (Å²) in [6.07, 6.45) is 1.43. The molecule has 1 aromatic carbocycles. The van der Waals surface area contributed by atoms with E-state index >= 15 is 0 Å². The van der Waals surface area contributed by atoms with E-state index in [0.29, 0.717) is 13.0 Å². The molecule has 5 heteroatoms. The largest absolute Gasteiger partial charge is 0.479 e. The normalized spacial score (nSPS) is 22.7. The number of amides is 1. The van der Waals surface area contributed by atoms with Crippen LogP contribution in [0.4, 0.5) is 0 Å². The average molecular weight is 291 g/mol. The monoisotopic (exact) mass is 291 g/mol. The van der Waals surface area contributed by atoms with Gasteiger partial charge in [0.05, 0.1) is 6.61 Å². The highest BCUT2D eigenvalue weighted by atomic mass is 16.5. The van der Waals surface area contributed by atoms with Gasteiger partial charge in [-0.2, -0.15) is 0 Å². The first-order valence-corrected chi connectivity index (χ1v) is 7.24. The summed E-state index contributed by atoms with van der Waals surface area (Å²) in [6.45, 7) is 2.43. The number of hydrogen-bond donors (Lipinski definition) is 2. The Morgan fingerprint density at radius 3 is 2.62 bits per heavy atom. The molecule has 1 aliphatic heterocycles. The van der Waals surface area contributed by atoms with Gasteiger partial charge in [0.15, 0.2) is 5.54 Å². The van der Waals surface area contributed by atoms with E-state index in [4.69, 9.17) is 4.74 Å². The van der Waals surface area contributed by atoms with Crippen molar-refractivity contribution < 1.29 is 19.4 Å². The van der Waals surface area contributed by atoms with Gasteiger partial charge in [-0.15, -0.1) is 0 Å². The first kappa shape index (κ1) is 15.5. The van der Waals surface area contributed by atoms with Gasteiger partial charge in [0, 0.05) is 19.4 Å². The van der Waals surface area contributed by atoms with E-state index in [1.54, 1.807) is 0 Å². The van der Waals surface area contributed by atoms with Crippen LogP contribution in [0, 0.1) is 0 Å². The summed E-state index contributed by atoms with van der Waals surface area (Å²) in [7, 11) is 0. The number of carbonyl (C=O) groups excluding carboxylic acids is 1. The topological polar surface area (TPSA) is 75.6 Å². The summed E-state index contributed by atoms with van der Waals surface area (Å²) in [4.78, 5) is 23.6. The SMILES string of the molecule is CCC(CC(=O)NC1(C(=O)O)CCOC1)c1ccccc1. The fourth-order valence-corrected chi connectivity index (χ4v) is 2.65. The summed E-state index contributed by atoms with van der Waals surface area (Å²) in [5.41, 5.74) is -0.159. The van der Waals surface area contributed by atoms with Gasteiger partial charge in [0.25, 0.3) is 0 Å². The zero-order valence-corrected chi connectivity index (χ0v) is 12.2. The summed E-state index contributed by atoms with van der Waals surface area (Å²) < 4.78 is 5.14. The Hall–Kier alpha value is -1.88. The zero-order chi connectivity index (χ0) is 15.3. The number of benzene rings is 1. The molecule has 1 aromatic rings. The molecule has 0 radical (unpaired) electrons. The first-order chi connectivity index (χ1) is 10.1. The quantitative estimate of drug-likeness (QED) is 0.839. The molecule has 2 unspecified atom stereocenters. The molecule has 2 N–H and O–H groups in total. The van der Waals surface area contributed by atoms with Crippen LogP contribution in [0.3, 0.4) is 0 Å². The zero-order valence-electron chi connectivity index (χ0n) is 12.2. The van der Waals surface area contributed by atoms with Crippen LogP contribution in [0.1, 0.15) is 37.7 Å². The van der Waals surface area contributed by atoms with Gasteiger partial charge < -0.3 is 15.2 Å². The van der Waals surface area contributed by atoms with Gasteiger partial charge in [0.1, 0.15) is 0 Å². The van der Waals surface area contributed by atoms with Gasteiger partial charge in [-0.1, -0.05) is 37.3 Å². The second-order valence-corrected chi connectivity index (χ2v) is 5.46. The predicted molar refractivity (Wildman–Crippen MR) is 78.0 cm³/mol. The van der Waals surface area contributed by atoms with Crippen LogP contribution in [0.15, 0.2) is 30.3 Å². The molecule has 2 rings (SSSR count). The molecule has 5 nitrogen and oxygen atoms in total. The van der Waals surface area contributed by atoms with Gasteiger partial charge in [-0.25, -0.2) is 4.79 Å². The molecule has 1 aliphatic rings. The van der Waals surface area contributed by atoms with Crippen LogP contribution in [-0.2, 0) is 14.3 Å². The third-order valence-electron chi connectivity index (χ3n) is 4.01. The Bertz CT molecular complexity index is 494. The van der Waals surface area contributed by atoms with Crippen molar-refractivity contribution in [2.24, 2.45) is 0 Å². The highest BCUT2D eigenvalue weighted by molar-refractivity contribution is 5.87. The van der Waals surface area contributed by atoms with E-state index in [1.165, 1.54) is 0 Å². The number of nitrogens with one attached hydrogen (secondary N) is 1. The summed E-state index contributed by atoms with van der Waals surface area (Å²) in [5.74, 6) is -1.17. The van der Waals surface area contributed by atoms with Gasteiger partial charge in [0.2, 0.25) is 5.91 Å². The molecular weight excluding hydrogens is 270 g/mol. The smallest absolute Gasteiger partial charge is 0.331 e. The van der Waals surface area contributed by atoms with E-state index in [0.717, 1.165) is 12.0 Å². The Labute approximate surface area is 124 Å². The van der Waals surface area contributed by atoms with Gasteiger partial charge in [-0.3, -0.25) is 4.79 Å². The van der Waals surface area contributed by atoms with Crippen molar-refractivity contribution >= 4 is 11.9 Å². The molecule has 2 atom stereocenters. The molecule has 21 heavy (non-hydrogen) atoms. The highest BCUT2D eigenvalue weighted by Crippen LogP contribution is 2.24. The fraction of sp³-hybridized carbons (Fsp3) is 0.500. The average Bonchev–Trinajstić information content (AvgIpc) is 2.95. The van der Waals surface area contributed by atoms with Crippen molar-refractivity contribution in [1.82, 2.24) is 5.32 Å². The Balaban J connectivity index is 2.01. The van der Waals surface area contributed by atoms with Gasteiger partial charge >= 0.3 is 5.97 Å². The Kier molecular flexibility index (Phi) is 4.96. The Morgan fingerprint density at radius 1 is 1.38 bits per heavy atom. The molecule has 1 fully saturated rings. The van der Waals surface area contributed by atoms with Crippen molar-refractivity contribution in [3.63, 3.8) is 0 Å². The highest BCUT2D eigenvalue weighted by Gasteiger charge is 2.44. The molecular formula is C16H21NO4. The van der Waals surface area contributed by atoms with Crippen molar-refractivity contribution in [3.8, 4) is 0 Å². The number of ether oxygens (including phenoxy) is 1. The van der Waals surface area contributed by atoms with E-state index < -0.39 is 11.5 Å². The van der Waals surface area contributed by atoms with Crippen molar-refractivity contribution in [1.29, 1.82) is 0 Å². The third kappa shape index (κ3) is 3.61. The van der Waals surface area contributed by atoms with Crippen LogP contribution in [-0.4, -0.2) is 35.7 Å². The van der Waals surface area contributed by atoms with Crippen LogP contribution < -0.4 is 5.32 Å². The molecule has 0 aliphatic carbocycles. The summed E-state index contributed by atoms with van der Waals surface area (Å²) >= 11 is 0. The van der Waals surface area contributed by atoms with Crippen molar-refractivity contribution in [2.75, 3.05) is 13.2 Å². The first-order valence-electron chi connectivity index (χ1n) is 7.24. The molecule has 1 amide bonds. The summed E-state index contributed by atoms with van der Waals surface area (Å²) in [5, 5.41) is 12.0. The Morgan fingerprint density at radius 2 is 2.10 bits per heavy atom. The van der Waals surface area contributed by atoms with Crippen molar-refractivity contribution in [2.45, 2.75) is 37.6 Å². The van der Waals surface area contributed by atoms with E-state index in [1.807, 2.05) is 37.3 Å². The molecule has 0 saturated carbocycles. The second-order valence-electron chi connectivity index (χ2n) is 5.46.